The molecule has 9 heteroatoms. The molecule has 3 aromatic carbocycles. The lowest BCUT2D eigenvalue weighted by atomic mass is 9.97. The van der Waals surface area contributed by atoms with Crippen molar-refractivity contribution in [3.8, 4) is 11.1 Å². The van der Waals surface area contributed by atoms with Crippen molar-refractivity contribution in [2.24, 2.45) is 0 Å². The first-order chi connectivity index (χ1) is 19.3. The Morgan fingerprint density at radius 1 is 1.07 bits per heavy atom. The minimum absolute atomic E-state index is 0.248. The molecule has 0 radical (unpaired) electrons. The van der Waals surface area contributed by atoms with E-state index in [4.69, 9.17) is 9.26 Å². The molecule has 0 atom stereocenters. The van der Waals surface area contributed by atoms with Crippen LogP contribution in [0.2, 0.25) is 0 Å². The second-order valence-corrected chi connectivity index (χ2v) is 10.2. The minimum Gasteiger partial charge on any atom is -0.449 e. The van der Waals surface area contributed by atoms with E-state index in [1.807, 2.05) is 50.2 Å². The van der Waals surface area contributed by atoms with E-state index in [9.17, 15) is 14.0 Å². The molecule has 6 rings (SSSR count). The third kappa shape index (κ3) is 4.18. The van der Waals surface area contributed by atoms with E-state index in [1.165, 1.54) is 0 Å². The molecule has 0 spiro atoms. The molecule has 2 aromatic heterocycles. The molecule has 8 nitrogen and oxygen atoms in total. The molecule has 0 aliphatic carbocycles. The first-order valence-electron chi connectivity index (χ1n) is 13.2. The molecule has 1 aliphatic heterocycles. The fourth-order valence-corrected chi connectivity index (χ4v) is 5.61. The van der Waals surface area contributed by atoms with E-state index in [0.717, 1.165) is 44.9 Å². The van der Waals surface area contributed by atoms with Crippen LogP contribution in [-0.2, 0) is 11.3 Å². The van der Waals surface area contributed by atoms with Gasteiger partial charge in [-0.1, -0.05) is 17.3 Å². The Balaban J connectivity index is 1.67. The largest absolute Gasteiger partial charge is 0.449 e. The summed E-state index contributed by atoms with van der Waals surface area (Å²) in [6.07, 6.45) is 0.339. The maximum Gasteiger partial charge on any atom is 0.414 e. The topological polar surface area (TPSA) is 89.6 Å². The van der Waals surface area contributed by atoms with Gasteiger partial charge in [-0.25, -0.2) is 9.18 Å². The lowest BCUT2D eigenvalue weighted by molar-refractivity contribution is 0.0964. The lowest BCUT2D eigenvalue weighted by Gasteiger charge is -2.26. The summed E-state index contributed by atoms with van der Waals surface area (Å²) >= 11 is 0. The van der Waals surface area contributed by atoms with Crippen LogP contribution >= 0.6 is 0 Å². The molecule has 204 valence electrons. The molecule has 1 N–H and O–H groups in total. The molecule has 1 fully saturated rings. The summed E-state index contributed by atoms with van der Waals surface area (Å²) in [7, 11) is 1.60. The van der Waals surface area contributed by atoms with E-state index in [2.05, 4.69) is 15.0 Å². The van der Waals surface area contributed by atoms with Crippen LogP contribution in [-0.4, -0.2) is 41.9 Å². The summed E-state index contributed by atoms with van der Waals surface area (Å²) in [6, 6.07) is 14.9. The van der Waals surface area contributed by atoms with Gasteiger partial charge >= 0.3 is 6.09 Å². The average molecular weight is 541 g/mol. The molecule has 1 aliphatic rings. The summed E-state index contributed by atoms with van der Waals surface area (Å²) < 4.78 is 27.4. The molecule has 0 saturated carbocycles. The first kappa shape index (κ1) is 25.6. The van der Waals surface area contributed by atoms with Gasteiger partial charge < -0.3 is 19.1 Å². The summed E-state index contributed by atoms with van der Waals surface area (Å²) in [5.74, 6) is 0.127. The predicted octanol–water partition coefficient (Wildman–Crippen LogP) is 6.27. The number of fused-ring (bicyclic) bond motifs is 3. The minimum atomic E-state index is -0.392. The summed E-state index contributed by atoms with van der Waals surface area (Å²) in [5, 5.41) is 8.44. The zero-order chi connectivity index (χ0) is 28.1. The molecule has 5 aromatic rings. The van der Waals surface area contributed by atoms with E-state index in [-0.39, 0.29) is 11.7 Å². The quantitative estimate of drug-likeness (QED) is 0.284. The van der Waals surface area contributed by atoms with Crippen molar-refractivity contribution >= 4 is 39.5 Å². The van der Waals surface area contributed by atoms with Crippen molar-refractivity contribution in [1.29, 1.82) is 0 Å². The molecule has 40 heavy (non-hydrogen) atoms. The molecular weight excluding hydrogens is 511 g/mol. The molecule has 3 heterocycles. The standard InChI is InChI=1S/C31H29FN4O4/c1-17-6-7-20(12-25(17)32)16-36-26-9-8-22(35-10-5-11-39-31(35)38)15-23(26)29-24(30(37)33-4)13-21(14-27(29)36)28-18(2)34-40-19(28)3/h6-9,12-15H,5,10-11,16H2,1-4H3,(H,33,37). The number of nitrogens with zero attached hydrogens (tertiary/aromatic N) is 3. The zero-order valence-electron chi connectivity index (χ0n) is 22.8. The van der Waals surface area contributed by atoms with Gasteiger partial charge in [-0.05, 0) is 80.3 Å². The number of cyclic esters (lactones) is 1. The Labute approximate surface area is 230 Å². The Morgan fingerprint density at radius 3 is 2.60 bits per heavy atom. The zero-order valence-corrected chi connectivity index (χ0v) is 22.8. The van der Waals surface area contributed by atoms with E-state index < -0.39 is 6.09 Å². The van der Waals surface area contributed by atoms with Crippen LogP contribution < -0.4 is 10.2 Å². The number of anilines is 1. The van der Waals surface area contributed by atoms with Crippen LogP contribution in [0, 0.1) is 26.6 Å². The van der Waals surface area contributed by atoms with Crippen molar-refractivity contribution < 1.29 is 23.2 Å². The Kier molecular flexibility index (Phi) is 6.29. The second-order valence-electron chi connectivity index (χ2n) is 10.2. The number of rotatable bonds is 5. The van der Waals surface area contributed by atoms with E-state index >= 15 is 0 Å². The molecular formula is C31H29FN4O4. The smallest absolute Gasteiger partial charge is 0.414 e. The van der Waals surface area contributed by atoms with Gasteiger partial charge in [0, 0.05) is 53.2 Å². The second kappa shape index (κ2) is 9.82. The number of carbonyl (C=O) groups is 2. The van der Waals surface area contributed by atoms with Crippen molar-refractivity contribution in [2.75, 3.05) is 25.1 Å². The Morgan fingerprint density at radius 2 is 1.90 bits per heavy atom. The number of aromatic nitrogens is 2. The van der Waals surface area contributed by atoms with E-state index in [1.54, 1.807) is 31.0 Å². The number of benzene rings is 3. The van der Waals surface area contributed by atoms with Crippen LogP contribution in [0.4, 0.5) is 14.9 Å². The highest BCUT2D eigenvalue weighted by molar-refractivity contribution is 6.20. The predicted molar refractivity (Wildman–Crippen MR) is 151 cm³/mol. The van der Waals surface area contributed by atoms with Gasteiger partial charge in [-0.15, -0.1) is 0 Å². The maximum absolute atomic E-state index is 14.6. The van der Waals surface area contributed by atoms with Gasteiger partial charge in [-0.3, -0.25) is 9.69 Å². The lowest BCUT2D eigenvalue weighted by Crippen LogP contribution is -2.37. The molecule has 1 saturated heterocycles. The highest BCUT2D eigenvalue weighted by Crippen LogP contribution is 2.39. The average Bonchev–Trinajstić information content (AvgIpc) is 3.45. The highest BCUT2D eigenvalue weighted by atomic mass is 19.1. The van der Waals surface area contributed by atoms with Gasteiger partial charge in [-0.2, -0.15) is 0 Å². The van der Waals surface area contributed by atoms with Crippen molar-refractivity contribution in [3.05, 3.63) is 82.5 Å². The normalized spacial score (nSPS) is 13.7. The maximum atomic E-state index is 14.6. The van der Waals surface area contributed by atoms with Crippen LogP contribution in [0.1, 0.15) is 39.4 Å². The van der Waals surface area contributed by atoms with Gasteiger partial charge in [0.05, 0.1) is 17.8 Å². The number of nitrogens with one attached hydrogen (secondary N) is 1. The third-order valence-corrected chi connectivity index (χ3v) is 7.60. The van der Waals surface area contributed by atoms with Crippen molar-refractivity contribution in [2.45, 2.75) is 33.7 Å². The van der Waals surface area contributed by atoms with Gasteiger partial charge in [0.1, 0.15) is 11.6 Å². The van der Waals surface area contributed by atoms with Crippen molar-refractivity contribution in [3.63, 3.8) is 0 Å². The molecule has 0 bridgehead atoms. The first-order valence-corrected chi connectivity index (χ1v) is 13.2. The van der Waals surface area contributed by atoms with Gasteiger partial charge in [0.25, 0.3) is 5.91 Å². The SMILES string of the molecule is CNC(=O)c1cc(-c2c(C)noc2C)cc2c1c1cc(N3CCCOC3=O)ccc1n2Cc1ccc(C)c(F)c1. The number of ether oxygens (including phenoxy) is 1. The number of halogens is 1. The highest BCUT2D eigenvalue weighted by Gasteiger charge is 2.25. The fraction of sp³-hybridized carbons (Fsp3) is 0.258. The number of aryl methyl sites for hydroxylation is 3. The number of hydrogen-bond acceptors (Lipinski definition) is 5. The summed E-state index contributed by atoms with van der Waals surface area (Å²) in [4.78, 5) is 27.5. The van der Waals surface area contributed by atoms with Crippen LogP contribution in [0.25, 0.3) is 32.9 Å². The van der Waals surface area contributed by atoms with E-state index in [0.29, 0.717) is 48.0 Å². The Bertz CT molecular complexity index is 1800. The number of carbonyl (C=O) groups excluding carboxylic acids is 2. The fourth-order valence-electron chi connectivity index (χ4n) is 5.61. The molecule has 2 amide bonds. The van der Waals surface area contributed by atoms with Gasteiger partial charge in [0.15, 0.2) is 0 Å². The van der Waals surface area contributed by atoms with Crippen molar-refractivity contribution in [1.82, 2.24) is 15.0 Å². The molecule has 0 unspecified atom stereocenters. The summed E-state index contributed by atoms with van der Waals surface area (Å²) in [5.41, 5.74) is 6.51. The third-order valence-electron chi connectivity index (χ3n) is 7.60. The monoisotopic (exact) mass is 540 g/mol. The summed E-state index contributed by atoms with van der Waals surface area (Å²) in [6.45, 7) is 6.76. The number of amides is 2. The van der Waals surface area contributed by atoms with Crippen LogP contribution in [0.15, 0.2) is 53.1 Å². The van der Waals surface area contributed by atoms with Gasteiger partial charge in [0.2, 0.25) is 0 Å². The van der Waals surface area contributed by atoms with Crippen LogP contribution in [0.5, 0.6) is 0 Å². The Hall–Kier alpha value is -4.66. The van der Waals surface area contributed by atoms with Crippen LogP contribution in [0.3, 0.4) is 0 Å². The number of hydrogen-bond donors (Lipinski definition) is 1.